The van der Waals surface area contributed by atoms with Crippen molar-refractivity contribution in [1.82, 2.24) is 4.98 Å². The van der Waals surface area contributed by atoms with E-state index in [-0.39, 0.29) is 0 Å². The largest absolute Gasteiger partial charge is 0.478 e. The molecule has 1 aromatic heterocycles. The Morgan fingerprint density at radius 2 is 2.45 bits per heavy atom. The molecular formula is C9H12NO. The smallest absolute Gasteiger partial charge is 0.216 e. The average Bonchev–Trinajstić information content (AvgIpc) is 2.06. The van der Waals surface area contributed by atoms with Crippen molar-refractivity contribution in [3.05, 3.63) is 30.8 Å². The number of hydrogen-bond donors (Lipinski definition) is 0. The minimum atomic E-state index is 0.657. The van der Waals surface area contributed by atoms with Gasteiger partial charge in [-0.15, -0.1) is 0 Å². The minimum Gasteiger partial charge on any atom is -0.478 e. The molecule has 1 rings (SSSR count). The highest BCUT2D eigenvalue weighted by atomic mass is 16.5. The van der Waals surface area contributed by atoms with Crippen molar-refractivity contribution in [2.24, 2.45) is 0 Å². The molecule has 2 nitrogen and oxygen atoms in total. The lowest BCUT2D eigenvalue weighted by Crippen LogP contribution is -1.97. The van der Waals surface area contributed by atoms with Crippen LogP contribution in [0.25, 0.3) is 0 Å². The van der Waals surface area contributed by atoms with Crippen molar-refractivity contribution in [3.8, 4) is 5.88 Å². The molecule has 2 heteroatoms. The van der Waals surface area contributed by atoms with E-state index in [9.17, 15) is 0 Å². The summed E-state index contributed by atoms with van der Waals surface area (Å²) in [5.41, 5.74) is 1.06. The van der Waals surface area contributed by atoms with E-state index in [0.29, 0.717) is 12.5 Å². The lowest BCUT2D eigenvalue weighted by molar-refractivity contribution is 0.323. The lowest BCUT2D eigenvalue weighted by Gasteiger charge is -2.05. The zero-order chi connectivity index (χ0) is 8.10. The van der Waals surface area contributed by atoms with Gasteiger partial charge in [-0.1, -0.05) is 6.07 Å². The van der Waals surface area contributed by atoms with Gasteiger partial charge in [-0.2, -0.15) is 0 Å². The van der Waals surface area contributed by atoms with Crippen molar-refractivity contribution in [2.75, 3.05) is 6.61 Å². The van der Waals surface area contributed by atoms with Gasteiger partial charge in [0.05, 0.1) is 6.61 Å². The van der Waals surface area contributed by atoms with Gasteiger partial charge in [0, 0.05) is 11.8 Å². The molecule has 0 unspecified atom stereocenters. The Labute approximate surface area is 67.2 Å². The summed E-state index contributed by atoms with van der Waals surface area (Å²) in [6, 6.07) is 3.87. The molecule has 0 N–H and O–H groups in total. The van der Waals surface area contributed by atoms with E-state index in [1.807, 2.05) is 19.1 Å². The summed E-state index contributed by atoms with van der Waals surface area (Å²) in [4.78, 5) is 4.08. The molecule has 1 heterocycles. The van der Waals surface area contributed by atoms with Gasteiger partial charge in [0.15, 0.2) is 0 Å². The van der Waals surface area contributed by atoms with E-state index in [2.05, 4.69) is 11.9 Å². The molecule has 0 saturated heterocycles. The molecule has 0 atom stereocenters. The fraction of sp³-hybridized carbons (Fsp3) is 0.333. The summed E-state index contributed by atoms with van der Waals surface area (Å²) in [7, 11) is 0. The third kappa shape index (κ3) is 1.93. The van der Waals surface area contributed by atoms with E-state index in [1.165, 1.54) is 0 Å². The number of rotatable bonds is 3. The Hall–Kier alpha value is -1.05. The van der Waals surface area contributed by atoms with Crippen molar-refractivity contribution < 1.29 is 4.74 Å². The number of nitrogens with zero attached hydrogens (tertiary/aromatic N) is 1. The van der Waals surface area contributed by atoms with Crippen LogP contribution in [0.4, 0.5) is 0 Å². The first-order chi connectivity index (χ1) is 5.38. The monoisotopic (exact) mass is 150 g/mol. The second kappa shape index (κ2) is 3.96. The molecule has 0 aliphatic rings. The Morgan fingerprint density at radius 3 is 3.09 bits per heavy atom. The van der Waals surface area contributed by atoms with E-state index in [0.717, 1.165) is 12.0 Å². The number of ether oxygens (including phenoxy) is 1. The highest BCUT2D eigenvalue weighted by molar-refractivity contribution is 5.25. The standard InChI is InChI=1S/C9H12NO/c1-3-8-6-5-7-10-9(8)11-4-2/h5-7H,1,3-4H2,2H3. The zero-order valence-corrected chi connectivity index (χ0v) is 6.71. The molecule has 0 aromatic carbocycles. The minimum absolute atomic E-state index is 0.657. The molecule has 59 valence electrons. The summed E-state index contributed by atoms with van der Waals surface area (Å²) < 4.78 is 5.28. The molecular weight excluding hydrogens is 138 g/mol. The molecule has 0 spiro atoms. The van der Waals surface area contributed by atoms with Crippen molar-refractivity contribution in [3.63, 3.8) is 0 Å². The molecule has 0 fully saturated rings. The van der Waals surface area contributed by atoms with Crippen molar-refractivity contribution in [1.29, 1.82) is 0 Å². The maximum absolute atomic E-state index is 5.28. The molecule has 0 saturated carbocycles. The van der Waals surface area contributed by atoms with Gasteiger partial charge < -0.3 is 4.74 Å². The SMILES string of the molecule is [CH2]Cc1cccnc1OCC. The van der Waals surface area contributed by atoms with Gasteiger partial charge in [0.1, 0.15) is 0 Å². The second-order valence-electron chi connectivity index (χ2n) is 2.15. The highest BCUT2D eigenvalue weighted by Gasteiger charge is 1.99. The fourth-order valence-electron chi connectivity index (χ4n) is 0.881. The number of aromatic nitrogens is 1. The first-order valence-electron chi connectivity index (χ1n) is 3.74. The molecule has 1 aromatic rings. The quantitative estimate of drug-likeness (QED) is 0.656. The predicted molar refractivity (Wildman–Crippen MR) is 44.5 cm³/mol. The first kappa shape index (κ1) is 8.05. The van der Waals surface area contributed by atoms with Crippen LogP contribution in [0.2, 0.25) is 0 Å². The van der Waals surface area contributed by atoms with Crippen LogP contribution >= 0.6 is 0 Å². The van der Waals surface area contributed by atoms with Gasteiger partial charge >= 0.3 is 0 Å². The van der Waals surface area contributed by atoms with E-state index < -0.39 is 0 Å². The topological polar surface area (TPSA) is 22.1 Å². The molecule has 0 aliphatic carbocycles. The van der Waals surface area contributed by atoms with E-state index in [4.69, 9.17) is 4.74 Å². The average molecular weight is 150 g/mol. The van der Waals surface area contributed by atoms with Crippen molar-refractivity contribution >= 4 is 0 Å². The first-order valence-corrected chi connectivity index (χ1v) is 3.74. The van der Waals surface area contributed by atoms with Crippen LogP contribution in [0.5, 0.6) is 5.88 Å². The summed E-state index contributed by atoms with van der Waals surface area (Å²) in [6.07, 6.45) is 2.45. The van der Waals surface area contributed by atoms with Crippen LogP contribution in [0, 0.1) is 6.92 Å². The molecule has 0 aliphatic heterocycles. The molecule has 0 bridgehead atoms. The third-order valence-electron chi connectivity index (χ3n) is 1.40. The van der Waals surface area contributed by atoms with Gasteiger partial charge in [0.25, 0.3) is 0 Å². The number of pyridine rings is 1. The van der Waals surface area contributed by atoms with Crippen LogP contribution in [0.3, 0.4) is 0 Å². The zero-order valence-electron chi connectivity index (χ0n) is 6.71. The van der Waals surface area contributed by atoms with E-state index in [1.54, 1.807) is 6.20 Å². The van der Waals surface area contributed by atoms with Crippen LogP contribution in [-0.2, 0) is 6.42 Å². The molecule has 0 amide bonds. The van der Waals surface area contributed by atoms with Gasteiger partial charge in [-0.25, -0.2) is 4.98 Å². The molecule has 1 radical (unpaired) electrons. The Morgan fingerprint density at radius 1 is 1.64 bits per heavy atom. The third-order valence-corrected chi connectivity index (χ3v) is 1.40. The normalized spacial score (nSPS) is 9.64. The Balaban J connectivity index is 2.83. The fourth-order valence-corrected chi connectivity index (χ4v) is 0.881. The van der Waals surface area contributed by atoms with Crippen LogP contribution in [0.15, 0.2) is 18.3 Å². The van der Waals surface area contributed by atoms with E-state index >= 15 is 0 Å². The maximum atomic E-state index is 5.28. The second-order valence-corrected chi connectivity index (χ2v) is 2.15. The van der Waals surface area contributed by atoms with Gasteiger partial charge in [0.2, 0.25) is 5.88 Å². The Kier molecular flexibility index (Phi) is 2.90. The van der Waals surface area contributed by atoms with Gasteiger partial charge in [-0.05, 0) is 26.3 Å². The Bertz CT molecular complexity index is 223. The highest BCUT2D eigenvalue weighted by Crippen LogP contribution is 2.13. The van der Waals surface area contributed by atoms with Gasteiger partial charge in [-0.3, -0.25) is 0 Å². The summed E-state index contributed by atoms with van der Waals surface area (Å²) in [5, 5.41) is 0. The summed E-state index contributed by atoms with van der Waals surface area (Å²) in [6.45, 7) is 6.38. The van der Waals surface area contributed by atoms with Crippen LogP contribution in [0.1, 0.15) is 12.5 Å². The molecule has 11 heavy (non-hydrogen) atoms. The summed E-state index contributed by atoms with van der Waals surface area (Å²) >= 11 is 0. The van der Waals surface area contributed by atoms with Crippen LogP contribution < -0.4 is 4.74 Å². The lowest BCUT2D eigenvalue weighted by atomic mass is 10.2. The summed E-state index contributed by atoms with van der Waals surface area (Å²) in [5.74, 6) is 0.713. The predicted octanol–water partition coefficient (Wildman–Crippen LogP) is 1.86. The number of hydrogen-bond acceptors (Lipinski definition) is 2. The van der Waals surface area contributed by atoms with Crippen molar-refractivity contribution in [2.45, 2.75) is 13.3 Å². The van der Waals surface area contributed by atoms with Crippen LogP contribution in [-0.4, -0.2) is 11.6 Å². The maximum Gasteiger partial charge on any atom is 0.216 e.